The molecule has 1 aromatic heterocycles. The molecule has 2 unspecified atom stereocenters. The van der Waals surface area contributed by atoms with Crippen molar-refractivity contribution in [1.29, 1.82) is 0 Å². The van der Waals surface area contributed by atoms with Crippen LogP contribution in [0.2, 0.25) is 0 Å². The monoisotopic (exact) mass is 251 g/mol. The lowest BCUT2D eigenvalue weighted by Gasteiger charge is -2.37. The zero-order chi connectivity index (χ0) is 12.3. The fourth-order valence-electron chi connectivity index (χ4n) is 2.44. The van der Waals surface area contributed by atoms with Gasteiger partial charge in [-0.05, 0) is 31.2 Å². The van der Waals surface area contributed by atoms with E-state index in [-0.39, 0.29) is 5.54 Å². The summed E-state index contributed by atoms with van der Waals surface area (Å²) in [7, 11) is 2.19. The summed E-state index contributed by atoms with van der Waals surface area (Å²) in [4.78, 5) is 6.47. The Kier molecular flexibility index (Phi) is 4.07. The van der Waals surface area contributed by atoms with Crippen LogP contribution in [-0.4, -0.2) is 40.0 Å². The number of thioether (sulfide) groups is 1. The Bertz CT molecular complexity index is 357. The molecule has 94 valence electrons. The van der Waals surface area contributed by atoms with E-state index in [0.29, 0.717) is 0 Å². The smallest absolute Gasteiger partial charge is 0.0432 e. The molecule has 2 rings (SSSR count). The molecular weight excluding hydrogens is 230 g/mol. The van der Waals surface area contributed by atoms with Gasteiger partial charge >= 0.3 is 0 Å². The molecule has 17 heavy (non-hydrogen) atoms. The Labute approximate surface area is 108 Å². The summed E-state index contributed by atoms with van der Waals surface area (Å²) < 4.78 is 0. The lowest BCUT2D eigenvalue weighted by atomic mass is 9.94. The summed E-state index contributed by atoms with van der Waals surface area (Å²) in [5.74, 6) is 1.15. The summed E-state index contributed by atoms with van der Waals surface area (Å²) in [5.41, 5.74) is 7.50. The third kappa shape index (κ3) is 2.81. The molecule has 1 saturated heterocycles. The summed E-state index contributed by atoms with van der Waals surface area (Å²) >= 11 is 2.03. The summed E-state index contributed by atoms with van der Waals surface area (Å²) in [5, 5.41) is 0.721. The Balaban J connectivity index is 2.06. The summed E-state index contributed by atoms with van der Waals surface area (Å²) in [6, 6.07) is 4.15. The maximum absolute atomic E-state index is 6.02. The van der Waals surface area contributed by atoms with E-state index in [0.717, 1.165) is 24.1 Å². The number of rotatable bonds is 4. The van der Waals surface area contributed by atoms with E-state index in [1.54, 1.807) is 0 Å². The van der Waals surface area contributed by atoms with Crippen LogP contribution in [0.5, 0.6) is 0 Å². The minimum absolute atomic E-state index is 0.174. The molecular formula is C13H21N3S. The standard InChI is InChI=1S/C13H21N3S/c1-11-7-13(9-14,10-17-11)16(2)8-12-3-5-15-6-4-12/h3-6,11H,7-10,14H2,1-2H3. The summed E-state index contributed by atoms with van der Waals surface area (Å²) in [6.45, 7) is 3.99. The number of pyridine rings is 1. The molecule has 1 aromatic rings. The molecule has 0 aromatic carbocycles. The highest BCUT2D eigenvalue weighted by Crippen LogP contribution is 2.37. The molecule has 2 heterocycles. The second-order valence-electron chi connectivity index (χ2n) is 4.97. The van der Waals surface area contributed by atoms with Crippen molar-refractivity contribution >= 4 is 11.8 Å². The molecule has 2 N–H and O–H groups in total. The van der Waals surface area contributed by atoms with Crippen LogP contribution >= 0.6 is 11.8 Å². The Morgan fingerprint density at radius 1 is 1.53 bits per heavy atom. The van der Waals surface area contributed by atoms with E-state index in [1.807, 2.05) is 24.2 Å². The number of likely N-dealkylation sites (N-methyl/N-ethyl adjacent to an activating group) is 1. The van der Waals surface area contributed by atoms with Gasteiger partial charge in [0.05, 0.1) is 0 Å². The molecule has 0 spiro atoms. The van der Waals surface area contributed by atoms with Gasteiger partial charge in [0.1, 0.15) is 0 Å². The second kappa shape index (κ2) is 5.38. The van der Waals surface area contributed by atoms with Gasteiger partial charge in [0.25, 0.3) is 0 Å². The van der Waals surface area contributed by atoms with Crippen LogP contribution < -0.4 is 5.73 Å². The van der Waals surface area contributed by atoms with Gasteiger partial charge in [-0.1, -0.05) is 6.92 Å². The van der Waals surface area contributed by atoms with E-state index in [1.165, 1.54) is 12.0 Å². The second-order valence-corrected chi connectivity index (χ2v) is 6.39. The fourth-order valence-corrected chi connectivity index (χ4v) is 3.92. The molecule has 0 radical (unpaired) electrons. The molecule has 0 bridgehead atoms. The van der Waals surface area contributed by atoms with Crippen molar-refractivity contribution in [2.75, 3.05) is 19.3 Å². The molecule has 0 aliphatic carbocycles. The largest absolute Gasteiger partial charge is 0.329 e. The topological polar surface area (TPSA) is 42.1 Å². The van der Waals surface area contributed by atoms with Gasteiger partial charge in [0.2, 0.25) is 0 Å². The Morgan fingerprint density at radius 2 is 2.24 bits per heavy atom. The van der Waals surface area contributed by atoms with Crippen LogP contribution in [-0.2, 0) is 6.54 Å². The van der Waals surface area contributed by atoms with Gasteiger partial charge in [0, 0.05) is 42.0 Å². The molecule has 2 atom stereocenters. The van der Waals surface area contributed by atoms with E-state index in [4.69, 9.17) is 5.73 Å². The fraction of sp³-hybridized carbons (Fsp3) is 0.615. The van der Waals surface area contributed by atoms with Crippen molar-refractivity contribution in [3.05, 3.63) is 30.1 Å². The van der Waals surface area contributed by atoms with Crippen LogP contribution in [0, 0.1) is 0 Å². The number of hydrogen-bond acceptors (Lipinski definition) is 4. The maximum atomic E-state index is 6.02. The average molecular weight is 251 g/mol. The Morgan fingerprint density at radius 3 is 2.76 bits per heavy atom. The van der Waals surface area contributed by atoms with Crippen molar-refractivity contribution in [3.63, 3.8) is 0 Å². The predicted octanol–water partition coefficient (Wildman–Crippen LogP) is 1.74. The van der Waals surface area contributed by atoms with Crippen LogP contribution in [0.3, 0.4) is 0 Å². The first-order valence-electron chi connectivity index (χ1n) is 6.08. The van der Waals surface area contributed by atoms with E-state index >= 15 is 0 Å². The average Bonchev–Trinajstić information content (AvgIpc) is 2.73. The van der Waals surface area contributed by atoms with Gasteiger partial charge in [-0.25, -0.2) is 0 Å². The highest BCUT2D eigenvalue weighted by atomic mass is 32.2. The third-order valence-corrected chi connectivity index (χ3v) is 5.10. The minimum Gasteiger partial charge on any atom is -0.329 e. The normalized spacial score (nSPS) is 28.8. The molecule has 1 aliphatic rings. The van der Waals surface area contributed by atoms with Crippen molar-refractivity contribution in [2.45, 2.75) is 30.7 Å². The molecule has 0 amide bonds. The third-order valence-electron chi connectivity index (χ3n) is 3.66. The van der Waals surface area contributed by atoms with Gasteiger partial charge < -0.3 is 5.73 Å². The SMILES string of the molecule is CC1CC(CN)(N(C)Cc2ccncc2)CS1. The van der Waals surface area contributed by atoms with Crippen molar-refractivity contribution < 1.29 is 0 Å². The molecule has 1 aliphatic heterocycles. The van der Waals surface area contributed by atoms with Gasteiger partial charge in [-0.3, -0.25) is 9.88 Å². The van der Waals surface area contributed by atoms with Crippen molar-refractivity contribution in [1.82, 2.24) is 9.88 Å². The van der Waals surface area contributed by atoms with E-state index in [2.05, 4.69) is 36.0 Å². The Hall–Kier alpha value is -0.580. The van der Waals surface area contributed by atoms with E-state index < -0.39 is 0 Å². The van der Waals surface area contributed by atoms with Crippen LogP contribution in [0.15, 0.2) is 24.5 Å². The quantitative estimate of drug-likeness (QED) is 0.885. The van der Waals surface area contributed by atoms with Crippen LogP contribution in [0.4, 0.5) is 0 Å². The van der Waals surface area contributed by atoms with Crippen LogP contribution in [0.25, 0.3) is 0 Å². The van der Waals surface area contributed by atoms with Crippen molar-refractivity contribution in [3.8, 4) is 0 Å². The first-order valence-corrected chi connectivity index (χ1v) is 7.13. The number of aromatic nitrogens is 1. The minimum atomic E-state index is 0.174. The zero-order valence-corrected chi connectivity index (χ0v) is 11.4. The predicted molar refractivity (Wildman–Crippen MR) is 74.0 cm³/mol. The zero-order valence-electron chi connectivity index (χ0n) is 10.6. The lowest BCUT2D eigenvalue weighted by molar-refractivity contribution is 0.139. The molecule has 4 heteroatoms. The maximum Gasteiger partial charge on any atom is 0.0432 e. The van der Waals surface area contributed by atoms with Crippen LogP contribution in [0.1, 0.15) is 18.9 Å². The molecule has 1 fully saturated rings. The lowest BCUT2D eigenvalue weighted by Crippen LogP contribution is -2.52. The van der Waals surface area contributed by atoms with Crippen molar-refractivity contribution in [2.24, 2.45) is 5.73 Å². The van der Waals surface area contributed by atoms with Gasteiger partial charge in [0.15, 0.2) is 0 Å². The van der Waals surface area contributed by atoms with Gasteiger partial charge in [-0.15, -0.1) is 0 Å². The summed E-state index contributed by atoms with van der Waals surface area (Å²) in [6.07, 6.45) is 4.89. The molecule has 0 saturated carbocycles. The number of nitrogens with two attached hydrogens (primary N) is 1. The molecule has 3 nitrogen and oxygen atoms in total. The highest BCUT2D eigenvalue weighted by Gasteiger charge is 2.40. The first kappa shape index (κ1) is 12.9. The van der Waals surface area contributed by atoms with E-state index in [9.17, 15) is 0 Å². The van der Waals surface area contributed by atoms with Gasteiger partial charge in [-0.2, -0.15) is 11.8 Å². The first-order chi connectivity index (χ1) is 8.16. The number of nitrogens with zero attached hydrogens (tertiary/aromatic N) is 2. The number of hydrogen-bond donors (Lipinski definition) is 1. The highest BCUT2D eigenvalue weighted by molar-refractivity contribution is 8.00.